The second kappa shape index (κ2) is 10.5. The Bertz CT molecular complexity index is 1120. The molecule has 1 atom stereocenters. The molecule has 0 aliphatic rings. The number of aliphatic hydroxyl groups excluding tert-OH is 1. The number of rotatable bonds is 10. The molecule has 8 nitrogen and oxygen atoms in total. The van der Waals surface area contributed by atoms with Crippen molar-refractivity contribution in [3.63, 3.8) is 0 Å². The average Bonchev–Trinajstić information content (AvgIpc) is 3.30. The highest BCUT2D eigenvalue weighted by molar-refractivity contribution is 5.45. The van der Waals surface area contributed by atoms with E-state index in [1.54, 1.807) is 0 Å². The van der Waals surface area contributed by atoms with Crippen molar-refractivity contribution in [3.05, 3.63) is 90.0 Å². The molecule has 2 N–H and O–H groups in total. The molecule has 164 valence electrons. The molecule has 4 rings (SSSR count). The van der Waals surface area contributed by atoms with Crippen LogP contribution in [-0.4, -0.2) is 38.5 Å². The zero-order valence-corrected chi connectivity index (χ0v) is 17.8. The Hall–Kier alpha value is -3.75. The van der Waals surface area contributed by atoms with Gasteiger partial charge in [0.25, 0.3) is 0 Å². The molecule has 0 aliphatic carbocycles. The van der Waals surface area contributed by atoms with Gasteiger partial charge in [0.15, 0.2) is 11.5 Å². The van der Waals surface area contributed by atoms with Crippen LogP contribution in [0.5, 0.6) is 17.5 Å². The first-order chi connectivity index (χ1) is 15.7. The van der Waals surface area contributed by atoms with Crippen LogP contribution in [0, 0.1) is 0 Å². The van der Waals surface area contributed by atoms with Gasteiger partial charge in [-0.1, -0.05) is 59.7 Å². The van der Waals surface area contributed by atoms with E-state index in [2.05, 4.69) is 20.8 Å². The number of nitrogens with zero attached hydrogens (tertiary/aromatic N) is 4. The number of para-hydroxylation sites is 1. The van der Waals surface area contributed by atoms with Crippen molar-refractivity contribution < 1.29 is 14.6 Å². The van der Waals surface area contributed by atoms with Crippen LogP contribution in [-0.2, 0) is 6.54 Å². The summed E-state index contributed by atoms with van der Waals surface area (Å²) >= 11 is 0. The Labute approximate surface area is 186 Å². The number of tetrazole rings is 1. The van der Waals surface area contributed by atoms with E-state index in [0.29, 0.717) is 31.2 Å². The van der Waals surface area contributed by atoms with Crippen molar-refractivity contribution in [3.8, 4) is 23.2 Å². The van der Waals surface area contributed by atoms with Gasteiger partial charge in [-0.2, -0.15) is 4.68 Å². The molecule has 0 unspecified atom stereocenters. The first-order valence-electron chi connectivity index (χ1n) is 10.5. The second-order valence-corrected chi connectivity index (χ2v) is 7.08. The number of hydrogen-bond acceptors (Lipinski definition) is 7. The van der Waals surface area contributed by atoms with Gasteiger partial charge in [-0.15, -0.1) is 0 Å². The number of hydrogen-bond donors (Lipinski definition) is 2. The van der Waals surface area contributed by atoms with Gasteiger partial charge in [0, 0.05) is 13.1 Å². The van der Waals surface area contributed by atoms with Crippen molar-refractivity contribution in [2.75, 3.05) is 13.2 Å². The lowest BCUT2D eigenvalue weighted by Gasteiger charge is -2.14. The molecular formula is C24H25N5O3. The van der Waals surface area contributed by atoms with E-state index in [1.807, 2.05) is 85.8 Å². The lowest BCUT2D eigenvalue weighted by atomic mass is 10.1. The zero-order chi connectivity index (χ0) is 22.2. The summed E-state index contributed by atoms with van der Waals surface area (Å²) < 4.78 is 13.3. The quantitative estimate of drug-likeness (QED) is 0.396. The number of aromatic nitrogens is 4. The Kier molecular flexibility index (Phi) is 7.06. The number of aliphatic hydroxyl groups is 1. The van der Waals surface area contributed by atoms with Crippen LogP contribution >= 0.6 is 0 Å². The van der Waals surface area contributed by atoms with Crippen LogP contribution in [0.2, 0.25) is 0 Å². The number of nitrogens with one attached hydrogen (secondary N) is 1. The highest BCUT2D eigenvalue weighted by Crippen LogP contribution is 2.32. The molecule has 4 aromatic rings. The summed E-state index contributed by atoms with van der Waals surface area (Å²) in [5.74, 6) is 1.12. The molecule has 3 aromatic carbocycles. The van der Waals surface area contributed by atoms with Crippen molar-refractivity contribution in [1.82, 2.24) is 25.5 Å². The summed E-state index contributed by atoms with van der Waals surface area (Å²) in [6.45, 7) is 3.42. The maximum Gasteiger partial charge on any atom is 0.346 e. The van der Waals surface area contributed by atoms with E-state index in [-0.39, 0.29) is 6.01 Å². The Morgan fingerprint density at radius 2 is 1.72 bits per heavy atom. The van der Waals surface area contributed by atoms with E-state index < -0.39 is 6.10 Å². The molecule has 0 aliphatic heterocycles. The van der Waals surface area contributed by atoms with Crippen LogP contribution < -0.4 is 14.8 Å². The molecule has 0 amide bonds. The summed E-state index contributed by atoms with van der Waals surface area (Å²) in [5.41, 5.74) is 2.68. The van der Waals surface area contributed by atoms with Crippen LogP contribution in [0.25, 0.3) is 5.69 Å². The zero-order valence-electron chi connectivity index (χ0n) is 17.8. The SMILES string of the molecule is CCOc1cc(CNC[C@@H](O)c2ccccc2)ccc1Oc1nnnn1-c1ccccc1. The summed E-state index contributed by atoms with van der Waals surface area (Å²) in [7, 11) is 0. The first-order valence-corrected chi connectivity index (χ1v) is 10.5. The molecule has 0 saturated heterocycles. The molecule has 0 bridgehead atoms. The minimum atomic E-state index is -0.568. The van der Waals surface area contributed by atoms with E-state index in [0.717, 1.165) is 16.8 Å². The summed E-state index contributed by atoms with van der Waals surface area (Å²) in [6.07, 6.45) is -0.568. The minimum absolute atomic E-state index is 0.244. The maximum absolute atomic E-state index is 10.3. The average molecular weight is 431 g/mol. The maximum atomic E-state index is 10.3. The van der Waals surface area contributed by atoms with Crippen molar-refractivity contribution in [2.24, 2.45) is 0 Å². The first kappa shape index (κ1) is 21.5. The smallest absolute Gasteiger partial charge is 0.346 e. The van der Waals surface area contributed by atoms with Crippen LogP contribution in [0.4, 0.5) is 0 Å². The lowest BCUT2D eigenvalue weighted by Crippen LogP contribution is -2.21. The van der Waals surface area contributed by atoms with Crippen molar-refractivity contribution in [1.29, 1.82) is 0 Å². The highest BCUT2D eigenvalue weighted by Gasteiger charge is 2.15. The van der Waals surface area contributed by atoms with Gasteiger partial charge < -0.3 is 19.9 Å². The van der Waals surface area contributed by atoms with Crippen LogP contribution in [0.3, 0.4) is 0 Å². The second-order valence-electron chi connectivity index (χ2n) is 7.08. The van der Waals surface area contributed by atoms with Gasteiger partial charge in [-0.05, 0) is 52.7 Å². The molecule has 0 spiro atoms. The van der Waals surface area contributed by atoms with Gasteiger partial charge >= 0.3 is 6.01 Å². The van der Waals surface area contributed by atoms with Gasteiger partial charge in [-0.3, -0.25) is 0 Å². The van der Waals surface area contributed by atoms with Crippen LogP contribution in [0.15, 0.2) is 78.9 Å². The standard InChI is InChI=1S/C24H25N5O3/c1-2-31-23-15-18(16-25-17-21(30)19-9-5-3-6-10-19)13-14-22(23)32-24-26-27-28-29(24)20-11-7-4-8-12-20/h3-15,21,25,30H,2,16-17H2,1H3/t21-/m1/s1. The van der Waals surface area contributed by atoms with Crippen molar-refractivity contribution >= 4 is 0 Å². The third-order valence-electron chi connectivity index (χ3n) is 4.80. The van der Waals surface area contributed by atoms with Crippen LogP contribution in [0.1, 0.15) is 24.2 Å². The fraction of sp³-hybridized carbons (Fsp3) is 0.208. The van der Waals surface area contributed by atoms with Gasteiger partial charge in [0.05, 0.1) is 18.4 Å². The molecule has 0 fully saturated rings. The molecule has 1 aromatic heterocycles. The fourth-order valence-electron chi connectivity index (χ4n) is 3.23. The number of benzene rings is 3. The number of ether oxygens (including phenoxy) is 2. The molecule has 8 heteroatoms. The van der Waals surface area contributed by atoms with Crippen molar-refractivity contribution in [2.45, 2.75) is 19.6 Å². The Balaban J connectivity index is 1.44. The molecule has 0 saturated carbocycles. The fourth-order valence-corrected chi connectivity index (χ4v) is 3.23. The lowest BCUT2D eigenvalue weighted by molar-refractivity contribution is 0.174. The Morgan fingerprint density at radius 3 is 2.47 bits per heavy atom. The van der Waals surface area contributed by atoms with E-state index in [9.17, 15) is 5.11 Å². The third kappa shape index (κ3) is 5.29. The normalized spacial score (nSPS) is 11.8. The summed E-state index contributed by atoms with van der Waals surface area (Å²) in [4.78, 5) is 0. The van der Waals surface area contributed by atoms with Gasteiger partial charge in [0.1, 0.15) is 0 Å². The van der Waals surface area contributed by atoms with E-state index in [4.69, 9.17) is 9.47 Å². The van der Waals surface area contributed by atoms with Gasteiger partial charge in [0.2, 0.25) is 0 Å². The predicted octanol–water partition coefficient (Wildman–Crippen LogP) is 3.68. The molecule has 0 radical (unpaired) electrons. The Morgan fingerprint density at radius 1 is 0.969 bits per heavy atom. The van der Waals surface area contributed by atoms with Gasteiger partial charge in [-0.25, -0.2) is 0 Å². The topological polar surface area (TPSA) is 94.3 Å². The summed E-state index contributed by atoms with van der Waals surface area (Å²) in [6, 6.07) is 25.0. The minimum Gasteiger partial charge on any atom is -0.490 e. The highest BCUT2D eigenvalue weighted by atomic mass is 16.5. The molecule has 32 heavy (non-hydrogen) atoms. The molecular weight excluding hydrogens is 406 g/mol. The monoisotopic (exact) mass is 431 g/mol. The third-order valence-corrected chi connectivity index (χ3v) is 4.80. The molecule has 1 heterocycles. The van der Waals surface area contributed by atoms with E-state index >= 15 is 0 Å². The largest absolute Gasteiger partial charge is 0.490 e. The van der Waals surface area contributed by atoms with E-state index in [1.165, 1.54) is 4.68 Å². The predicted molar refractivity (Wildman–Crippen MR) is 120 cm³/mol. The summed E-state index contributed by atoms with van der Waals surface area (Å²) in [5, 5.41) is 25.3.